The molecule has 4 nitrogen and oxygen atoms in total. The molecule has 0 saturated heterocycles. The second-order valence-electron chi connectivity index (χ2n) is 4.25. The fraction of sp³-hybridized carbons (Fsp3) is 0.385. The Morgan fingerprint density at radius 3 is 2.35 bits per heavy atom. The lowest BCUT2D eigenvalue weighted by Crippen LogP contribution is -2.41. The molecule has 1 aromatic rings. The molecular formula is C13H14BrF2NO3. The summed E-state index contributed by atoms with van der Waals surface area (Å²) in [7, 11) is 0. The number of unbranched alkanes of at least 4 members (excludes halogenated alkanes) is 1. The second kappa shape index (κ2) is 7.33. The maximum atomic E-state index is 13.6. The van der Waals surface area contributed by atoms with Gasteiger partial charge in [0.25, 0.3) is 5.91 Å². The van der Waals surface area contributed by atoms with Crippen molar-refractivity contribution in [3.8, 4) is 0 Å². The van der Waals surface area contributed by atoms with E-state index in [-0.39, 0.29) is 10.9 Å². The van der Waals surface area contributed by atoms with E-state index in [1.807, 2.05) is 6.92 Å². The van der Waals surface area contributed by atoms with Crippen molar-refractivity contribution in [2.75, 3.05) is 0 Å². The maximum absolute atomic E-state index is 13.6. The van der Waals surface area contributed by atoms with Gasteiger partial charge >= 0.3 is 5.97 Å². The molecule has 0 heterocycles. The zero-order valence-corrected chi connectivity index (χ0v) is 12.3. The zero-order chi connectivity index (χ0) is 15.3. The molecule has 0 bridgehead atoms. The number of benzene rings is 1. The molecule has 7 heteroatoms. The highest BCUT2D eigenvalue weighted by molar-refractivity contribution is 9.10. The summed E-state index contributed by atoms with van der Waals surface area (Å²) in [4.78, 5) is 22.8. The first kappa shape index (κ1) is 16.6. The van der Waals surface area contributed by atoms with Crippen molar-refractivity contribution >= 4 is 27.8 Å². The minimum atomic E-state index is -1.23. The summed E-state index contributed by atoms with van der Waals surface area (Å²) < 4.78 is 27.3. The molecule has 0 aliphatic heterocycles. The Hall–Kier alpha value is -1.50. The lowest BCUT2D eigenvalue weighted by molar-refractivity contribution is -0.139. The Bertz CT molecular complexity index is 499. The minimum Gasteiger partial charge on any atom is -0.480 e. The van der Waals surface area contributed by atoms with Gasteiger partial charge in [0.1, 0.15) is 23.2 Å². The average molecular weight is 350 g/mol. The third-order valence-corrected chi connectivity index (χ3v) is 3.14. The van der Waals surface area contributed by atoms with Crippen LogP contribution in [-0.2, 0) is 4.79 Å². The number of hydrogen-bond acceptors (Lipinski definition) is 2. The van der Waals surface area contributed by atoms with Gasteiger partial charge in [0.05, 0.1) is 0 Å². The molecule has 0 radical (unpaired) electrons. The zero-order valence-electron chi connectivity index (χ0n) is 10.8. The van der Waals surface area contributed by atoms with Crippen LogP contribution in [0.1, 0.15) is 36.5 Å². The van der Waals surface area contributed by atoms with Gasteiger partial charge in [0.15, 0.2) is 0 Å². The average Bonchev–Trinajstić information content (AvgIpc) is 2.32. The molecule has 110 valence electrons. The SMILES string of the molecule is CCCCC(NC(=O)c1c(F)cc(Br)cc1F)C(=O)O. The van der Waals surface area contributed by atoms with Crippen molar-refractivity contribution in [1.82, 2.24) is 5.32 Å². The van der Waals surface area contributed by atoms with E-state index in [1.165, 1.54) is 0 Å². The first-order valence-corrected chi connectivity index (χ1v) is 6.84. The quantitative estimate of drug-likeness (QED) is 0.829. The summed E-state index contributed by atoms with van der Waals surface area (Å²) in [5.74, 6) is -4.40. The lowest BCUT2D eigenvalue weighted by atomic mass is 10.1. The number of hydrogen-bond donors (Lipinski definition) is 2. The monoisotopic (exact) mass is 349 g/mol. The molecular weight excluding hydrogens is 336 g/mol. The number of halogens is 3. The first-order chi connectivity index (χ1) is 9.36. The molecule has 0 saturated carbocycles. The molecule has 0 aliphatic rings. The number of nitrogens with one attached hydrogen (secondary N) is 1. The van der Waals surface area contributed by atoms with E-state index >= 15 is 0 Å². The number of rotatable bonds is 6. The molecule has 0 fully saturated rings. The number of carbonyl (C=O) groups excluding carboxylic acids is 1. The van der Waals surface area contributed by atoms with Crippen molar-refractivity contribution in [2.24, 2.45) is 0 Å². The molecule has 0 aromatic heterocycles. The molecule has 1 amide bonds. The van der Waals surface area contributed by atoms with Gasteiger partial charge in [0, 0.05) is 4.47 Å². The highest BCUT2D eigenvalue weighted by Crippen LogP contribution is 2.19. The summed E-state index contributed by atoms with van der Waals surface area (Å²) in [6.07, 6.45) is 1.54. The predicted molar refractivity (Wildman–Crippen MR) is 72.5 cm³/mol. The third kappa shape index (κ3) is 4.26. The van der Waals surface area contributed by atoms with Crippen LogP contribution in [0.2, 0.25) is 0 Å². The Morgan fingerprint density at radius 1 is 1.35 bits per heavy atom. The van der Waals surface area contributed by atoms with Crippen LogP contribution in [0.4, 0.5) is 8.78 Å². The van der Waals surface area contributed by atoms with Gasteiger partial charge in [-0.15, -0.1) is 0 Å². The van der Waals surface area contributed by atoms with Crippen molar-refractivity contribution in [3.05, 3.63) is 33.8 Å². The third-order valence-electron chi connectivity index (χ3n) is 2.68. The lowest BCUT2D eigenvalue weighted by Gasteiger charge is -2.14. The van der Waals surface area contributed by atoms with Crippen LogP contribution in [0.15, 0.2) is 16.6 Å². The van der Waals surface area contributed by atoms with E-state index in [9.17, 15) is 18.4 Å². The van der Waals surface area contributed by atoms with Gasteiger partial charge in [-0.3, -0.25) is 4.79 Å². The van der Waals surface area contributed by atoms with Gasteiger partial charge in [-0.2, -0.15) is 0 Å². The highest BCUT2D eigenvalue weighted by atomic mass is 79.9. The number of carboxylic acid groups (broad SMARTS) is 1. The van der Waals surface area contributed by atoms with Crippen LogP contribution >= 0.6 is 15.9 Å². The van der Waals surface area contributed by atoms with E-state index in [0.29, 0.717) is 6.42 Å². The molecule has 1 unspecified atom stereocenters. The van der Waals surface area contributed by atoms with Crippen molar-refractivity contribution in [1.29, 1.82) is 0 Å². The van der Waals surface area contributed by atoms with Crippen molar-refractivity contribution in [3.63, 3.8) is 0 Å². The summed E-state index contributed by atoms with van der Waals surface area (Å²) in [5.41, 5.74) is -0.782. The molecule has 0 spiro atoms. The number of aliphatic carboxylic acids is 1. The Balaban J connectivity index is 2.92. The first-order valence-electron chi connectivity index (χ1n) is 6.05. The van der Waals surface area contributed by atoms with Gasteiger partial charge in [-0.05, 0) is 18.6 Å². The van der Waals surface area contributed by atoms with Crippen molar-refractivity contribution < 1.29 is 23.5 Å². The summed E-state index contributed by atoms with van der Waals surface area (Å²) >= 11 is 2.90. The van der Waals surface area contributed by atoms with E-state index < -0.39 is 35.1 Å². The molecule has 2 N–H and O–H groups in total. The molecule has 20 heavy (non-hydrogen) atoms. The Morgan fingerprint density at radius 2 is 1.90 bits per heavy atom. The Labute approximate surface area is 123 Å². The topological polar surface area (TPSA) is 66.4 Å². The maximum Gasteiger partial charge on any atom is 0.326 e. The van der Waals surface area contributed by atoms with Crippen LogP contribution in [0, 0.1) is 11.6 Å². The number of amides is 1. The van der Waals surface area contributed by atoms with Gasteiger partial charge in [-0.25, -0.2) is 13.6 Å². The van der Waals surface area contributed by atoms with Gasteiger partial charge < -0.3 is 10.4 Å². The second-order valence-corrected chi connectivity index (χ2v) is 5.17. The van der Waals surface area contributed by atoms with Gasteiger partial charge in [0.2, 0.25) is 0 Å². The fourth-order valence-electron chi connectivity index (χ4n) is 1.66. The largest absolute Gasteiger partial charge is 0.480 e. The highest BCUT2D eigenvalue weighted by Gasteiger charge is 2.24. The predicted octanol–water partition coefficient (Wildman–Crippen LogP) is 3.10. The molecule has 1 atom stereocenters. The van der Waals surface area contributed by atoms with Crippen LogP contribution < -0.4 is 5.32 Å². The van der Waals surface area contributed by atoms with Crippen molar-refractivity contribution in [2.45, 2.75) is 32.2 Å². The minimum absolute atomic E-state index is 0.157. The fourth-order valence-corrected chi connectivity index (χ4v) is 2.06. The standard InChI is InChI=1S/C13H14BrF2NO3/c1-2-3-4-10(13(19)20)17-12(18)11-8(15)5-7(14)6-9(11)16/h5-6,10H,2-4H2,1H3,(H,17,18)(H,19,20). The van der Waals surface area contributed by atoms with Gasteiger partial charge in [-0.1, -0.05) is 35.7 Å². The summed E-state index contributed by atoms with van der Waals surface area (Å²) in [6.45, 7) is 1.87. The smallest absolute Gasteiger partial charge is 0.326 e. The Kier molecular flexibility index (Phi) is 6.06. The number of carboxylic acids is 1. The van der Waals surface area contributed by atoms with E-state index in [0.717, 1.165) is 18.6 Å². The van der Waals surface area contributed by atoms with Crippen LogP contribution in [0.5, 0.6) is 0 Å². The molecule has 1 aromatic carbocycles. The van der Waals surface area contributed by atoms with E-state index in [1.54, 1.807) is 0 Å². The molecule has 0 aliphatic carbocycles. The normalized spacial score (nSPS) is 12.0. The van der Waals surface area contributed by atoms with Crippen LogP contribution in [-0.4, -0.2) is 23.0 Å². The summed E-state index contributed by atoms with van der Waals surface area (Å²) in [5, 5.41) is 11.1. The van der Waals surface area contributed by atoms with Crippen LogP contribution in [0.3, 0.4) is 0 Å². The van der Waals surface area contributed by atoms with Crippen LogP contribution in [0.25, 0.3) is 0 Å². The summed E-state index contributed by atoms with van der Waals surface area (Å²) in [6, 6.07) is 0.726. The number of carbonyl (C=O) groups is 2. The molecule has 1 rings (SSSR count). The van der Waals surface area contributed by atoms with E-state index in [2.05, 4.69) is 21.2 Å². The van der Waals surface area contributed by atoms with E-state index in [4.69, 9.17) is 5.11 Å².